The minimum Gasteiger partial charge on any atom is -0.353 e. The topological polar surface area (TPSA) is 29.1 Å². The molecule has 0 aliphatic carbocycles. The van der Waals surface area contributed by atoms with Crippen LogP contribution in [0.15, 0.2) is 43.0 Å². The fraction of sp³-hybridized carbons (Fsp3) is 0.308. The number of benzene rings is 1. The Bertz CT molecular complexity index is 306. The van der Waals surface area contributed by atoms with Gasteiger partial charge in [0.2, 0.25) is 5.91 Å². The average Bonchev–Trinajstić information content (AvgIpc) is 2.29. The zero-order chi connectivity index (χ0) is 10.9. The van der Waals surface area contributed by atoms with Gasteiger partial charge in [-0.25, -0.2) is 0 Å². The van der Waals surface area contributed by atoms with E-state index in [9.17, 15) is 4.79 Å². The van der Waals surface area contributed by atoms with Gasteiger partial charge in [-0.15, -0.1) is 0 Å². The van der Waals surface area contributed by atoms with Crippen LogP contribution < -0.4 is 5.32 Å². The maximum absolute atomic E-state index is 10.8. The molecule has 80 valence electrons. The first-order valence-corrected chi connectivity index (χ1v) is 5.27. The Morgan fingerprint density at radius 3 is 2.67 bits per heavy atom. The molecule has 0 fully saturated rings. The molecule has 0 aromatic heterocycles. The van der Waals surface area contributed by atoms with E-state index in [0.29, 0.717) is 0 Å². The third kappa shape index (κ3) is 5.01. The molecule has 0 saturated carbocycles. The van der Waals surface area contributed by atoms with Crippen molar-refractivity contribution in [2.24, 2.45) is 0 Å². The highest BCUT2D eigenvalue weighted by Gasteiger charge is 1.94. The largest absolute Gasteiger partial charge is 0.353 e. The molecule has 0 aliphatic rings. The third-order valence-corrected chi connectivity index (χ3v) is 2.22. The highest BCUT2D eigenvalue weighted by atomic mass is 16.1. The lowest BCUT2D eigenvalue weighted by Gasteiger charge is -2.02. The molecule has 1 aromatic rings. The molecule has 0 radical (unpaired) electrons. The highest BCUT2D eigenvalue weighted by molar-refractivity contribution is 5.86. The molecule has 0 unspecified atom stereocenters. The molecule has 1 rings (SSSR count). The van der Waals surface area contributed by atoms with Crippen LogP contribution in [0.2, 0.25) is 0 Å². The van der Waals surface area contributed by atoms with Crippen molar-refractivity contribution in [2.75, 3.05) is 6.54 Å². The van der Waals surface area contributed by atoms with Crippen molar-refractivity contribution in [2.45, 2.75) is 19.3 Å². The van der Waals surface area contributed by atoms with Gasteiger partial charge in [-0.3, -0.25) is 4.79 Å². The molecule has 15 heavy (non-hydrogen) atoms. The molecule has 0 spiro atoms. The summed E-state index contributed by atoms with van der Waals surface area (Å²) in [6.45, 7) is 4.13. The first-order chi connectivity index (χ1) is 7.33. The predicted octanol–water partition coefficient (Wildman–Crippen LogP) is 2.31. The van der Waals surface area contributed by atoms with Gasteiger partial charge < -0.3 is 5.32 Å². The molecular formula is C13H17NO. The van der Waals surface area contributed by atoms with Crippen LogP contribution in [0.5, 0.6) is 0 Å². The standard InChI is InChI=1S/C13H17NO/c1-2-13(15)14-11-7-6-10-12-8-4-3-5-9-12/h2-5,8-9H,1,6-7,10-11H2,(H,14,15). The number of nitrogens with one attached hydrogen (secondary N) is 1. The van der Waals surface area contributed by atoms with Gasteiger partial charge in [-0.05, 0) is 30.9 Å². The summed E-state index contributed by atoms with van der Waals surface area (Å²) in [6.07, 6.45) is 4.48. The van der Waals surface area contributed by atoms with E-state index >= 15 is 0 Å². The fourth-order valence-corrected chi connectivity index (χ4v) is 1.38. The summed E-state index contributed by atoms with van der Waals surface area (Å²) in [6, 6.07) is 10.4. The van der Waals surface area contributed by atoms with Crippen LogP contribution >= 0.6 is 0 Å². The first-order valence-electron chi connectivity index (χ1n) is 5.27. The van der Waals surface area contributed by atoms with Crippen LogP contribution in [0.4, 0.5) is 0 Å². The molecule has 1 amide bonds. The van der Waals surface area contributed by atoms with Gasteiger partial charge in [0.1, 0.15) is 0 Å². The van der Waals surface area contributed by atoms with E-state index < -0.39 is 0 Å². The Balaban J connectivity index is 2.07. The van der Waals surface area contributed by atoms with E-state index in [4.69, 9.17) is 0 Å². The van der Waals surface area contributed by atoms with Gasteiger partial charge in [0.15, 0.2) is 0 Å². The first kappa shape index (κ1) is 11.5. The van der Waals surface area contributed by atoms with Crippen molar-refractivity contribution in [3.8, 4) is 0 Å². The minimum absolute atomic E-state index is 0.0882. The van der Waals surface area contributed by atoms with Gasteiger partial charge >= 0.3 is 0 Å². The zero-order valence-electron chi connectivity index (χ0n) is 8.91. The molecule has 0 aliphatic heterocycles. The summed E-state index contributed by atoms with van der Waals surface area (Å²) >= 11 is 0. The van der Waals surface area contributed by atoms with Crippen molar-refractivity contribution in [3.63, 3.8) is 0 Å². The van der Waals surface area contributed by atoms with E-state index in [0.717, 1.165) is 25.8 Å². The number of carbonyl (C=O) groups excluding carboxylic acids is 1. The number of rotatable bonds is 6. The van der Waals surface area contributed by atoms with Crippen molar-refractivity contribution < 1.29 is 4.79 Å². The Morgan fingerprint density at radius 1 is 1.27 bits per heavy atom. The van der Waals surface area contributed by atoms with Crippen molar-refractivity contribution in [1.82, 2.24) is 5.32 Å². The third-order valence-electron chi connectivity index (χ3n) is 2.22. The Kier molecular flexibility index (Phi) is 5.23. The second kappa shape index (κ2) is 6.82. The molecule has 0 atom stereocenters. The number of amides is 1. The molecule has 0 heterocycles. The molecule has 1 N–H and O–H groups in total. The second-order valence-electron chi connectivity index (χ2n) is 3.44. The highest BCUT2D eigenvalue weighted by Crippen LogP contribution is 2.03. The van der Waals surface area contributed by atoms with E-state index in [1.54, 1.807) is 0 Å². The lowest BCUT2D eigenvalue weighted by molar-refractivity contribution is -0.116. The molecular weight excluding hydrogens is 186 g/mol. The van der Waals surface area contributed by atoms with Gasteiger partial charge in [-0.2, -0.15) is 0 Å². The lowest BCUT2D eigenvalue weighted by atomic mass is 10.1. The van der Waals surface area contributed by atoms with Gasteiger partial charge in [0.05, 0.1) is 0 Å². The van der Waals surface area contributed by atoms with Crippen molar-refractivity contribution in [1.29, 1.82) is 0 Å². The van der Waals surface area contributed by atoms with Gasteiger partial charge in [-0.1, -0.05) is 36.9 Å². The van der Waals surface area contributed by atoms with Crippen LogP contribution in [-0.2, 0) is 11.2 Å². The van der Waals surface area contributed by atoms with Crippen molar-refractivity contribution in [3.05, 3.63) is 48.6 Å². The second-order valence-corrected chi connectivity index (χ2v) is 3.44. The van der Waals surface area contributed by atoms with E-state index in [-0.39, 0.29) is 5.91 Å². The normalized spacial score (nSPS) is 9.60. The number of aryl methyl sites for hydroxylation is 1. The Morgan fingerprint density at radius 2 is 2.00 bits per heavy atom. The van der Waals surface area contributed by atoms with Crippen LogP contribution in [0.25, 0.3) is 0 Å². The predicted molar refractivity (Wildman–Crippen MR) is 62.6 cm³/mol. The van der Waals surface area contributed by atoms with Crippen LogP contribution in [0, 0.1) is 0 Å². The lowest BCUT2D eigenvalue weighted by Crippen LogP contribution is -2.21. The number of hydrogen-bond donors (Lipinski definition) is 1. The van der Waals surface area contributed by atoms with E-state index in [1.807, 2.05) is 6.07 Å². The number of hydrogen-bond acceptors (Lipinski definition) is 1. The van der Waals surface area contributed by atoms with Crippen LogP contribution in [0.3, 0.4) is 0 Å². The van der Waals surface area contributed by atoms with Crippen LogP contribution in [0.1, 0.15) is 18.4 Å². The Labute approximate surface area is 91.0 Å². The van der Waals surface area contributed by atoms with Gasteiger partial charge in [0.25, 0.3) is 0 Å². The summed E-state index contributed by atoms with van der Waals surface area (Å²) in [7, 11) is 0. The Hall–Kier alpha value is -1.57. The number of carbonyl (C=O) groups is 1. The summed E-state index contributed by atoms with van der Waals surface area (Å²) in [5.41, 5.74) is 1.35. The smallest absolute Gasteiger partial charge is 0.243 e. The zero-order valence-corrected chi connectivity index (χ0v) is 8.91. The van der Waals surface area contributed by atoms with E-state index in [2.05, 4.69) is 36.2 Å². The summed E-state index contributed by atoms with van der Waals surface area (Å²) in [4.78, 5) is 10.8. The molecule has 2 heteroatoms. The quantitative estimate of drug-likeness (QED) is 0.558. The molecule has 1 aromatic carbocycles. The average molecular weight is 203 g/mol. The van der Waals surface area contributed by atoms with E-state index in [1.165, 1.54) is 11.6 Å². The number of unbranched alkanes of at least 4 members (excludes halogenated alkanes) is 1. The molecule has 0 bridgehead atoms. The maximum Gasteiger partial charge on any atom is 0.243 e. The van der Waals surface area contributed by atoms with Gasteiger partial charge in [0, 0.05) is 6.54 Å². The molecule has 2 nitrogen and oxygen atoms in total. The summed E-state index contributed by atoms with van der Waals surface area (Å²) in [5, 5.41) is 2.76. The monoisotopic (exact) mass is 203 g/mol. The maximum atomic E-state index is 10.8. The minimum atomic E-state index is -0.0882. The summed E-state index contributed by atoms with van der Waals surface area (Å²) < 4.78 is 0. The van der Waals surface area contributed by atoms with Crippen molar-refractivity contribution >= 4 is 5.91 Å². The fourth-order valence-electron chi connectivity index (χ4n) is 1.38. The SMILES string of the molecule is C=CC(=O)NCCCCc1ccccc1. The molecule has 0 saturated heterocycles. The summed E-state index contributed by atoms with van der Waals surface area (Å²) in [5.74, 6) is -0.0882. The van der Waals surface area contributed by atoms with Crippen LogP contribution in [-0.4, -0.2) is 12.5 Å².